The van der Waals surface area contributed by atoms with Gasteiger partial charge in [-0.1, -0.05) is 6.08 Å². The minimum absolute atomic E-state index is 0.822. The number of hydrogen-bond donors (Lipinski definition) is 2. The van der Waals surface area contributed by atoms with Crippen molar-refractivity contribution in [3.63, 3.8) is 0 Å². The van der Waals surface area contributed by atoms with Crippen LogP contribution in [0.3, 0.4) is 0 Å². The van der Waals surface area contributed by atoms with Crippen LogP contribution in [0, 0.1) is 0 Å². The maximum atomic E-state index is 5.70. The van der Waals surface area contributed by atoms with E-state index >= 15 is 0 Å². The summed E-state index contributed by atoms with van der Waals surface area (Å²) in [6.45, 7) is 0. The topological polar surface area (TPSA) is 41.8 Å². The zero-order valence-corrected chi connectivity index (χ0v) is 7.17. The maximum Gasteiger partial charge on any atom is 0.0460 e. The number of nitrogens with two attached hydrogens (primary N) is 1. The van der Waals surface area contributed by atoms with E-state index in [4.69, 9.17) is 5.73 Å². The van der Waals surface area contributed by atoms with Crippen molar-refractivity contribution in [2.45, 2.75) is 6.42 Å². The first-order chi connectivity index (χ1) is 6.33. The molecule has 0 amide bonds. The normalized spacial score (nSPS) is 14.6. The number of nitrogens with one attached hydrogen (secondary N) is 1. The Labute approximate surface area is 76.1 Å². The van der Waals surface area contributed by atoms with Gasteiger partial charge in [-0.15, -0.1) is 0 Å². The van der Waals surface area contributed by atoms with Gasteiger partial charge in [0.2, 0.25) is 0 Å². The molecule has 3 N–H and O–H groups in total. The SMILES string of the molecule is Nc1ccc2[nH]c(C3=CC3)cc2c1. The van der Waals surface area contributed by atoms with Crippen molar-refractivity contribution < 1.29 is 0 Å². The van der Waals surface area contributed by atoms with E-state index in [-0.39, 0.29) is 0 Å². The fraction of sp³-hybridized carbons (Fsp3) is 0.0909. The first kappa shape index (κ1) is 6.78. The molecule has 1 heterocycles. The van der Waals surface area contributed by atoms with Crippen molar-refractivity contribution in [2.75, 3.05) is 5.73 Å². The van der Waals surface area contributed by atoms with Crippen LogP contribution in [0.2, 0.25) is 0 Å². The predicted octanol–water partition coefficient (Wildman–Crippen LogP) is 2.54. The molecule has 1 aromatic heterocycles. The molecule has 0 saturated carbocycles. The zero-order valence-electron chi connectivity index (χ0n) is 7.17. The van der Waals surface area contributed by atoms with Gasteiger partial charge in [-0.25, -0.2) is 0 Å². The molecule has 0 saturated heterocycles. The number of aromatic amines is 1. The summed E-state index contributed by atoms with van der Waals surface area (Å²) in [4.78, 5) is 3.36. The van der Waals surface area contributed by atoms with E-state index < -0.39 is 0 Å². The maximum absolute atomic E-state index is 5.70. The molecule has 64 valence electrons. The number of H-pyrrole nitrogens is 1. The Hall–Kier alpha value is -1.70. The van der Waals surface area contributed by atoms with Crippen LogP contribution in [0.4, 0.5) is 5.69 Å². The molecule has 2 nitrogen and oxygen atoms in total. The van der Waals surface area contributed by atoms with E-state index in [0.29, 0.717) is 0 Å². The third-order valence-corrected chi connectivity index (χ3v) is 2.40. The Balaban J connectivity index is 2.26. The molecule has 1 aliphatic carbocycles. The van der Waals surface area contributed by atoms with Gasteiger partial charge >= 0.3 is 0 Å². The molecule has 0 unspecified atom stereocenters. The van der Waals surface area contributed by atoms with Crippen LogP contribution in [-0.4, -0.2) is 4.98 Å². The Morgan fingerprint density at radius 1 is 1.23 bits per heavy atom. The average molecular weight is 170 g/mol. The van der Waals surface area contributed by atoms with Crippen LogP contribution in [0.15, 0.2) is 30.3 Å². The van der Waals surface area contributed by atoms with Gasteiger partial charge in [0.15, 0.2) is 0 Å². The summed E-state index contributed by atoms with van der Waals surface area (Å²) in [6, 6.07) is 8.10. The second-order valence-corrected chi connectivity index (χ2v) is 3.46. The largest absolute Gasteiger partial charge is 0.399 e. The van der Waals surface area contributed by atoms with Crippen molar-refractivity contribution in [1.82, 2.24) is 4.98 Å². The number of fused-ring (bicyclic) bond motifs is 1. The molecule has 2 heteroatoms. The number of benzene rings is 1. The van der Waals surface area contributed by atoms with Gasteiger partial charge in [0.05, 0.1) is 0 Å². The number of rotatable bonds is 1. The highest BCUT2D eigenvalue weighted by Crippen LogP contribution is 2.32. The van der Waals surface area contributed by atoms with Crippen LogP contribution >= 0.6 is 0 Å². The second kappa shape index (κ2) is 2.16. The Kier molecular flexibility index (Phi) is 1.13. The van der Waals surface area contributed by atoms with E-state index in [9.17, 15) is 0 Å². The molecule has 0 radical (unpaired) electrons. The summed E-state index contributed by atoms with van der Waals surface area (Å²) in [5.74, 6) is 0. The molecular weight excluding hydrogens is 160 g/mol. The van der Waals surface area contributed by atoms with Crippen LogP contribution in [-0.2, 0) is 0 Å². The highest BCUT2D eigenvalue weighted by molar-refractivity contribution is 5.89. The second-order valence-electron chi connectivity index (χ2n) is 3.46. The number of aromatic nitrogens is 1. The molecule has 13 heavy (non-hydrogen) atoms. The molecule has 0 aliphatic heterocycles. The highest BCUT2D eigenvalue weighted by atomic mass is 14.7. The van der Waals surface area contributed by atoms with E-state index in [0.717, 1.165) is 17.6 Å². The molecule has 3 rings (SSSR count). The number of allylic oxidation sites excluding steroid dienone is 2. The predicted molar refractivity (Wildman–Crippen MR) is 55.3 cm³/mol. The van der Waals surface area contributed by atoms with E-state index in [2.05, 4.69) is 17.1 Å². The zero-order chi connectivity index (χ0) is 8.84. The highest BCUT2D eigenvalue weighted by Gasteiger charge is 2.12. The van der Waals surface area contributed by atoms with Gasteiger partial charge in [0.25, 0.3) is 0 Å². The molecular formula is C11H10N2. The summed E-state index contributed by atoms with van der Waals surface area (Å²) in [5, 5.41) is 1.20. The fourth-order valence-corrected chi connectivity index (χ4v) is 1.60. The number of nitrogen functional groups attached to an aromatic ring is 1. The molecule has 1 aromatic carbocycles. The Morgan fingerprint density at radius 3 is 2.85 bits per heavy atom. The lowest BCUT2D eigenvalue weighted by Crippen LogP contribution is -1.81. The molecule has 2 aromatic rings. The van der Waals surface area contributed by atoms with Crippen molar-refractivity contribution in [3.8, 4) is 0 Å². The van der Waals surface area contributed by atoms with E-state index in [1.165, 1.54) is 16.7 Å². The number of hydrogen-bond acceptors (Lipinski definition) is 1. The molecule has 1 aliphatic rings. The first-order valence-corrected chi connectivity index (χ1v) is 4.40. The third kappa shape index (κ3) is 1.03. The average Bonchev–Trinajstić information content (AvgIpc) is 2.87. The monoisotopic (exact) mass is 170 g/mol. The van der Waals surface area contributed by atoms with Gasteiger partial charge in [-0.05, 0) is 36.3 Å². The van der Waals surface area contributed by atoms with Crippen LogP contribution < -0.4 is 5.73 Å². The van der Waals surface area contributed by atoms with Gasteiger partial charge in [-0.3, -0.25) is 0 Å². The standard InChI is InChI=1S/C11H10N2/c12-9-3-4-10-8(5-9)6-11(13-10)7-1-2-7/h1,3-6,13H,2,12H2. The van der Waals surface area contributed by atoms with Crippen molar-refractivity contribution >= 4 is 22.2 Å². The molecule has 0 bridgehead atoms. The lowest BCUT2D eigenvalue weighted by molar-refractivity contribution is 1.40. The smallest absolute Gasteiger partial charge is 0.0460 e. The van der Waals surface area contributed by atoms with Gasteiger partial charge in [0, 0.05) is 22.3 Å². The minimum atomic E-state index is 0.822. The number of anilines is 1. The summed E-state index contributed by atoms with van der Waals surface area (Å²) in [5.41, 5.74) is 10.3. The molecule has 0 atom stereocenters. The first-order valence-electron chi connectivity index (χ1n) is 4.40. The lowest BCUT2D eigenvalue weighted by Gasteiger charge is -1.90. The van der Waals surface area contributed by atoms with Crippen molar-refractivity contribution in [2.24, 2.45) is 0 Å². The van der Waals surface area contributed by atoms with Crippen LogP contribution in [0.25, 0.3) is 16.5 Å². The summed E-state index contributed by atoms with van der Waals surface area (Å²) >= 11 is 0. The van der Waals surface area contributed by atoms with Gasteiger partial charge in [-0.2, -0.15) is 0 Å². The third-order valence-electron chi connectivity index (χ3n) is 2.40. The van der Waals surface area contributed by atoms with E-state index in [1.807, 2.05) is 18.2 Å². The Morgan fingerprint density at radius 2 is 2.08 bits per heavy atom. The van der Waals surface area contributed by atoms with Crippen LogP contribution in [0.5, 0.6) is 0 Å². The minimum Gasteiger partial charge on any atom is -0.399 e. The summed E-state index contributed by atoms with van der Waals surface area (Å²) < 4.78 is 0. The molecule has 0 spiro atoms. The van der Waals surface area contributed by atoms with Gasteiger partial charge in [0.1, 0.15) is 0 Å². The van der Waals surface area contributed by atoms with E-state index in [1.54, 1.807) is 0 Å². The van der Waals surface area contributed by atoms with Crippen molar-refractivity contribution in [1.29, 1.82) is 0 Å². The Bertz CT molecular complexity index is 506. The van der Waals surface area contributed by atoms with Crippen molar-refractivity contribution in [3.05, 3.63) is 36.0 Å². The molecule has 0 fully saturated rings. The fourth-order valence-electron chi connectivity index (χ4n) is 1.60. The summed E-state index contributed by atoms with van der Waals surface area (Å²) in [7, 11) is 0. The van der Waals surface area contributed by atoms with Crippen LogP contribution in [0.1, 0.15) is 12.1 Å². The quantitative estimate of drug-likeness (QED) is 0.634. The van der Waals surface area contributed by atoms with Gasteiger partial charge < -0.3 is 10.7 Å². The summed E-state index contributed by atoms with van der Waals surface area (Å²) in [6.07, 6.45) is 3.34. The lowest BCUT2D eigenvalue weighted by atomic mass is 10.2.